The molecule has 1 amide bonds. The van der Waals surface area contributed by atoms with Gasteiger partial charge in [0.1, 0.15) is 6.10 Å². The Labute approximate surface area is 112 Å². The minimum Gasteiger partial charge on any atom is -0.366 e. The number of halogens is 1. The summed E-state index contributed by atoms with van der Waals surface area (Å²) >= 11 is 5.83. The van der Waals surface area contributed by atoms with Gasteiger partial charge in [-0.05, 0) is 24.6 Å². The molecule has 0 radical (unpaired) electrons. The summed E-state index contributed by atoms with van der Waals surface area (Å²) in [6.07, 6.45) is -0.395. The number of carbonyl (C=O) groups excluding carboxylic acids is 1. The van der Waals surface area contributed by atoms with E-state index in [0.29, 0.717) is 18.2 Å². The van der Waals surface area contributed by atoms with Gasteiger partial charge in [-0.1, -0.05) is 23.7 Å². The van der Waals surface area contributed by atoms with Gasteiger partial charge in [0.25, 0.3) is 5.91 Å². The highest BCUT2D eigenvalue weighted by Crippen LogP contribution is 2.16. The number of amides is 1. The van der Waals surface area contributed by atoms with E-state index in [4.69, 9.17) is 16.3 Å². The Morgan fingerprint density at radius 1 is 1.50 bits per heavy atom. The molecule has 0 bridgehead atoms. The molecule has 1 aliphatic rings. The summed E-state index contributed by atoms with van der Waals surface area (Å²) < 4.78 is 5.40. The fraction of sp³-hybridized carbons (Fsp3) is 0.462. The maximum atomic E-state index is 11.9. The molecule has 0 aromatic heterocycles. The molecule has 2 rings (SSSR count). The molecule has 1 aromatic rings. The third-order valence-corrected chi connectivity index (χ3v) is 3.20. The van der Waals surface area contributed by atoms with Crippen molar-refractivity contribution >= 4 is 17.5 Å². The second kappa shape index (κ2) is 6.18. The van der Waals surface area contributed by atoms with Gasteiger partial charge in [-0.15, -0.1) is 0 Å². The van der Waals surface area contributed by atoms with Crippen LogP contribution in [0.3, 0.4) is 0 Å². The number of ether oxygens (including phenoxy) is 1. The fourth-order valence-corrected chi connectivity index (χ4v) is 2.00. The summed E-state index contributed by atoms with van der Waals surface area (Å²) in [5.74, 6) is -0.0790. The predicted molar refractivity (Wildman–Crippen MR) is 70.6 cm³/mol. The maximum Gasteiger partial charge on any atom is 0.250 e. The standard InChI is InChI=1S/C13H17ClN2O2/c1-9(10-2-4-11(14)5-3-10)16-13(17)12-8-15-6-7-18-12/h2-5,9,12,15H,6-8H2,1H3,(H,16,17)/t9-,12?/m0/s1. The number of hydrogen-bond donors (Lipinski definition) is 2. The zero-order valence-electron chi connectivity index (χ0n) is 10.3. The Morgan fingerprint density at radius 2 is 2.22 bits per heavy atom. The van der Waals surface area contributed by atoms with Crippen LogP contribution in [0.5, 0.6) is 0 Å². The highest BCUT2D eigenvalue weighted by molar-refractivity contribution is 6.30. The molecule has 1 unspecified atom stereocenters. The molecule has 4 nitrogen and oxygen atoms in total. The Balaban J connectivity index is 1.91. The summed E-state index contributed by atoms with van der Waals surface area (Å²) in [7, 11) is 0. The van der Waals surface area contributed by atoms with E-state index in [0.717, 1.165) is 12.1 Å². The summed E-state index contributed by atoms with van der Waals surface area (Å²) in [6.45, 7) is 3.89. The maximum absolute atomic E-state index is 11.9. The van der Waals surface area contributed by atoms with Crippen LogP contribution in [0.2, 0.25) is 5.02 Å². The van der Waals surface area contributed by atoms with Gasteiger partial charge in [-0.3, -0.25) is 4.79 Å². The molecule has 98 valence electrons. The first-order chi connectivity index (χ1) is 8.66. The second-order valence-electron chi connectivity index (χ2n) is 4.35. The number of nitrogens with one attached hydrogen (secondary N) is 2. The molecular formula is C13H17ClN2O2. The quantitative estimate of drug-likeness (QED) is 0.874. The van der Waals surface area contributed by atoms with Crippen LogP contribution in [0.4, 0.5) is 0 Å². The number of rotatable bonds is 3. The molecule has 1 aliphatic heterocycles. The Hall–Kier alpha value is -1.10. The number of morpholine rings is 1. The molecule has 1 fully saturated rings. The average Bonchev–Trinajstić information content (AvgIpc) is 2.40. The van der Waals surface area contributed by atoms with E-state index in [1.165, 1.54) is 0 Å². The van der Waals surface area contributed by atoms with Gasteiger partial charge < -0.3 is 15.4 Å². The van der Waals surface area contributed by atoms with E-state index in [2.05, 4.69) is 10.6 Å². The van der Waals surface area contributed by atoms with Crippen LogP contribution in [0.15, 0.2) is 24.3 Å². The van der Waals surface area contributed by atoms with Gasteiger partial charge in [-0.2, -0.15) is 0 Å². The van der Waals surface area contributed by atoms with E-state index in [1.807, 2.05) is 31.2 Å². The van der Waals surface area contributed by atoms with E-state index in [1.54, 1.807) is 0 Å². The lowest BCUT2D eigenvalue weighted by Gasteiger charge is -2.24. The number of hydrogen-bond acceptors (Lipinski definition) is 3. The molecule has 0 spiro atoms. The van der Waals surface area contributed by atoms with Crippen LogP contribution in [-0.2, 0) is 9.53 Å². The summed E-state index contributed by atoms with van der Waals surface area (Å²) in [6, 6.07) is 7.40. The third kappa shape index (κ3) is 3.45. The van der Waals surface area contributed by atoms with Crippen molar-refractivity contribution in [3.8, 4) is 0 Å². The van der Waals surface area contributed by atoms with E-state index in [-0.39, 0.29) is 11.9 Å². The first-order valence-corrected chi connectivity index (χ1v) is 6.43. The van der Waals surface area contributed by atoms with Crippen molar-refractivity contribution in [2.45, 2.75) is 19.1 Å². The smallest absolute Gasteiger partial charge is 0.250 e. The van der Waals surface area contributed by atoms with E-state index < -0.39 is 6.10 Å². The van der Waals surface area contributed by atoms with Crippen molar-refractivity contribution in [2.75, 3.05) is 19.7 Å². The molecule has 2 atom stereocenters. The van der Waals surface area contributed by atoms with Crippen molar-refractivity contribution in [3.05, 3.63) is 34.9 Å². The zero-order chi connectivity index (χ0) is 13.0. The molecule has 0 aliphatic carbocycles. The first-order valence-electron chi connectivity index (χ1n) is 6.05. The van der Waals surface area contributed by atoms with Crippen LogP contribution in [0.25, 0.3) is 0 Å². The van der Waals surface area contributed by atoms with Crippen LogP contribution < -0.4 is 10.6 Å². The number of benzene rings is 1. The summed E-state index contributed by atoms with van der Waals surface area (Å²) in [5, 5.41) is 6.76. The van der Waals surface area contributed by atoms with Crippen LogP contribution in [0.1, 0.15) is 18.5 Å². The van der Waals surface area contributed by atoms with E-state index in [9.17, 15) is 4.79 Å². The van der Waals surface area contributed by atoms with Crippen molar-refractivity contribution in [1.82, 2.24) is 10.6 Å². The number of carbonyl (C=O) groups is 1. The van der Waals surface area contributed by atoms with E-state index >= 15 is 0 Å². The molecular weight excluding hydrogens is 252 g/mol. The van der Waals surface area contributed by atoms with Crippen molar-refractivity contribution in [3.63, 3.8) is 0 Å². The Bertz CT molecular complexity index is 402. The minimum atomic E-state index is -0.395. The molecule has 5 heteroatoms. The van der Waals surface area contributed by atoms with Gasteiger partial charge in [0.15, 0.2) is 0 Å². The normalized spacial score (nSPS) is 21.3. The van der Waals surface area contributed by atoms with Gasteiger partial charge >= 0.3 is 0 Å². The van der Waals surface area contributed by atoms with Crippen LogP contribution in [-0.4, -0.2) is 31.7 Å². The van der Waals surface area contributed by atoms with Crippen LogP contribution in [0, 0.1) is 0 Å². The zero-order valence-corrected chi connectivity index (χ0v) is 11.0. The first kappa shape index (κ1) is 13.3. The third-order valence-electron chi connectivity index (χ3n) is 2.95. The Kier molecular flexibility index (Phi) is 4.58. The van der Waals surface area contributed by atoms with Gasteiger partial charge in [0.05, 0.1) is 12.6 Å². The van der Waals surface area contributed by atoms with Crippen molar-refractivity contribution in [2.24, 2.45) is 0 Å². The minimum absolute atomic E-state index is 0.0553. The second-order valence-corrected chi connectivity index (χ2v) is 4.78. The van der Waals surface area contributed by atoms with Gasteiger partial charge in [0.2, 0.25) is 0 Å². The van der Waals surface area contributed by atoms with Crippen LogP contribution >= 0.6 is 11.6 Å². The molecule has 0 saturated carbocycles. The SMILES string of the molecule is C[C@H](NC(=O)C1CNCCO1)c1ccc(Cl)cc1. The average molecular weight is 269 g/mol. The van der Waals surface area contributed by atoms with Gasteiger partial charge in [0, 0.05) is 18.1 Å². The molecule has 1 aromatic carbocycles. The van der Waals surface area contributed by atoms with Crippen molar-refractivity contribution < 1.29 is 9.53 Å². The van der Waals surface area contributed by atoms with Crippen molar-refractivity contribution in [1.29, 1.82) is 0 Å². The summed E-state index contributed by atoms with van der Waals surface area (Å²) in [4.78, 5) is 11.9. The molecule has 2 N–H and O–H groups in total. The highest BCUT2D eigenvalue weighted by Gasteiger charge is 2.23. The molecule has 18 heavy (non-hydrogen) atoms. The monoisotopic (exact) mass is 268 g/mol. The highest BCUT2D eigenvalue weighted by atomic mass is 35.5. The Morgan fingerprint density at radius 3 is 2.83 bits per heavy atom. The lowest BCUT2D eigenvalue weighted by atomic mass is 10.1. The lowest BCUT2D eigenvalue weighted by Crippen LogP contribution is -2.48. The largest absolute Gasteiger partial charge is 0.366 e. The fourth-order valence-electron chi connectivity index (χ4n) is 1.87. The molecule has 1 saturated heterocycles. The lowest BCUT2D eigenvalue weighted by molar-refractivity contribution is -0.134. The topological polar surface area (TPSA) is 50.4 Å². The summed E-state index contributed by atoms with van der Waals surface area (Å²) in [5.41, 5.74) is 1.02. The predicted octanol–water partition coefficient (Wildman–Crippen LogP) is 1.51. The van der Waals surface area contributed by atoms with Gasteiger partial charge in [-0.25, -0.2) is 0 Å². The molecule has 1 heterocycles.